The summed E-state index contributed by atoms with van der Waals surface area (Å²) in [6.07, 6.45) is 0. The highest BCUT2D eigenvalue weighted by Crippen LogP contribution is 2.51. The van der Waals surface area contributed by atoms with Crippen molar-refractivity contribution in [2.24, 2.45) is 0 Å². The van der Waals surface area contributed by atoms with Crippen LogP contribution in [0.2, 0.25) is 0 Å². The van der Waals surface area contributed by atoms with E-state index in [0.29, 0.717) is 52.4 Å². The van der Waals surface area contributed by atoms with Gasteiger partial charge in [-0.3, -0.25) is 0 Å². The van der Waals surface area contributed by atoms with E-state index in [4.69, 9.17) is 44.9 Å². The second kappa shape index (κ2) is 36.4. The first kappa shape index (κ1) is 86.2. The first-order valence-corrected chi connectivity index (χ1v) is 51.8. The number of hydrogen-bond donors (Lipinski definition) is 0. The molecule has 9 nitrogen and oxygen atoms in total. The molecule has 0 saturated heterocycles. The van der Waals surface area contributed by atoms with Gasteiger partial charge in [0.05, 0.1) is 0 Å². The average molecular weight is 1930 g/mol. The first-order chi connectivity index (χ1) is 72.9. The van der Waals surface area contributed by atoms with Gasteiger partial charge in [-0.2, -0.15) is 0 Å². The molecular formula is C135H81N9S3. The van der Waals surface area contributed by atoms with Crippen LogP contribution in [0.15, 0.2) is 491 Å². The lowest BCUT2D eigenvalue weighted by molar-refractivity contribution is 1.08. The summed E-state index contributed by atoms with van der Waals surface area (Å²) in [5.74, 6) is 5.88. The van der Waals surface area contributed by atoms with Crippen molar-refractivity contribution in [3.8, 4) is 136 Å². The monoisotopic (exact) mass is 1920 g/mol. The molecule has 24 aromatic carbocycles. The van der Waals surface area contributed by atoms with Crippen LogP contribution < -0.4 is 0 Å². The molecule has 0 aliphatic carbocycles. The number of fused-ring (bicyclic) bond motifs is 27. The van der Waals surface area contributed by atoms with Crippen molar-refractivity contribution in [2.75, 3.05) is 0 Å². The summed E-state index contributed by atoms with van der Waals surface area (Å²) in [4.78, 5) is 46.5. The summed E-state index contributed by atoms with van der Waals surface area (Å²) in [7, 11) is 0. The Balaban J connectivity index is 0.000000107. The Bertz CT molecular complexity index is 10300. The molecule has 0 atom stereocenters. The molecule has 684 valence electrons. The van der Waals surface area contributed by atoms with Crippen LogP contribution >= 0.6 is 34.0 Å². The maximum Gasteiger partial charge on any atom is 0.164 e. The third-order valence-electron chi connectivity index (χ3n) is 28.5. The highest BCUT2D eigenvalue weighted by Gasteiger charge is 2.27. The molecule has 0 bridgehead atoms. The number of aromatic nitrogens is 9. The number of thiophene rings is 3. The van der Waals surface area contributed by atoms with Gasteiger partial charge >= 0.3 is 0 Å². The minimum Gasteiger partial charge on any atom is -0.208 e. The molecular weight excluding hydrogens is 1840 g/mol. The molecule has 6 aromatic heterocycles. The minimum atomic E-state index is 0.652. The van der Waals surface area contributed by atoms with Crippen molar-refractivity contribution in [2.45, 2.75) is 0 Å². The zero-order valence-electron chi connectivity index (χ0n) is 79.0. The average Bonchev–Trinajstić information content (AvgIpc) is 1.70. The Morgan fingerprint density at radius 2 is 0.333 bits per heavy atom. The molecule has 0 aliphatic rings. The largest absolute Gasteiger partial charge is 0.208 e. The van der Waals surface area contributed by atoms with Crippen LogP contribution in [0.3, 0.4) is 0 Å². The molecule has 12 heteroatoms. The smallest absolute Gasteiger partial charge is 0.164 e. The zero-order valence-corrected chi connectivity index (χ0v) is 81.5. The van der Waals surface area contributed by atoms with E-state index in [9.17, 15) is 0 Å². The minimum absolute atomic E-state index is 0.652. The molecule has 147 heavy (non-hydrogen) atoms. The predicted octanol–water partition coefficient (Wildman–Crippen LogP) is 37.1. The Morgan fingerprint density at radius 3 is 0.701 bits per heavy atom. The van der Waals surface area contributed by atoms with Gasteiger partial charge in [-0.1, -0.05) is 413 Å². The van der Waals surface area contributed by atoms with Gasteiger partial charge in [-0.05, 0) is 193 Å². The van der Waals surface area contributed by atoms with Crippen molar-refractivity contribution in [1.82, 2.24) is 44.9 Å². The van der Waals surface area contributed by atoms with Crippen molar-refractivity contribution in [1.29, 1.82) is 0 Å². The van der Waals surface area contributed by atoms with E-state index in [-0.39, 0.29) is 0 Å². The van der Waals surface area contributed by atoms with Gasteiger partial charge in [0.15, 0.2) is 52.4 Å². The third-order valence-corrected chi connectivity index (χ3v) is 31.9. The SMILES string of the molecule is c1ccc(-c2nc(-c3ccccc3)nc(-c3cc(-c4ccc5c(c4)sc4ccccc45)cc4c5ccccc5c5ccccc5c34)n2)cc1.c1ccc(-c2nc(-c3ccccc3)nc(-c3cc(-c4ccc5sc6ccccc6c5c4)cc4c5ccccc5c5ccccc5c34)n2)cc1.c1ccc(-c2nc(-c3ccccc3)nc(-c3cc(-c4cccc5sc6ccccc6c45)cc4c5ccccc5c5ccccc5c34)n2)cc1. The van der Waals surface area contributed by atoms with Crippen molar-refractivity contribution in [3.05, 3.63) is 491 Å². The van der Waals surface area contributed by atoms with Gasteiger partial charge in [0, 0.05) is 127 Å². The number of hydrogen-bond acceptors (Lipinski definition) is 12. The lowest BCUT2D eigenvalue weighted by Crippen LogP contribution is -2.01. The van der Waals surface area contributed by atoms with Gasteiger partial charge in [-0.15, -0.1) is 34.0 Å². The van der Waals surface area contributed by atoms with Crippen molar-refractivity contribution >= 4 is 191 Å². The van der Waals surface area contributed by atoms with Crippen molar-refractivity contribution < 1.29 is 0 Å². The normalized spacial score (nSPS) is 11.7. The molecule has 0 fully saturated rings. The summed E-state index contributed by atoms with van der Waals surface area (Å²) in [5.41, 5.74) is 15.6. The Hall–Kier alpha value is -18.7. The molecule has 0 saturated carbocycles. The van der Waals surface area contributed by atoms with Crippen LogP contribution in [0.5, 0.6) is 0 Å². The van der Waals surface area contributed by atoms with E-state index in [1.807, 2.05) is 143 Å². The fourth-order valence-corrected chi connectivity index (χ4v) is 25.1. The van der Waals surface area contributed by atoms with Crippen LogP contribution in [-0.4, -0.2) is 44.9 Å². The van der Waals surface area contributed by atoms with Crippen LogP contribution in [-0.2, 0) is 0 Å². The van der Waals surface area contributed by atoms with Crippen LogP contribution in [0, 0.1) is 0 Å². The molecule has 0 unspecified atom stereocenters. The summed E-state index contributed by atoms with van der Waals surface area (Å²) < 4.78 is 7.75. The van der Waals surface area contributed by atoms with Gasteiger partial charge < -0.3 is 0 Å². The topological polar surface area (TPSA) is 116 Å². The van der Waals surface area contributed by atoms with Gasteiger partial charge in [0.1, 0.15) is 0 Å². The number of rotatable bonds is 12. The predicted molar refractivity (Wildman–Crippen MR) is 621 cm³/mol. The van der Waals surface area contributed by atoms with E-state index >= 15 is 0 Å². The van der Waals surface area contributed by atoms with Crippen LogP contribution in [0.1, 0.15) is 0 Å². The lowest BCUT2D eigenvalue weighted by Gasteiger charge is -2.17. The summed E-state index contributed by atoms with van der Waals surface area (Å²) in [6.45, 7) is 0. The van der Waals surface area contributed by atoms with E-state index in [1.165, 1.54) is 152 Å². The molecule has 0 spiro atoms. The zero-order chi connectivity index (χ0) is 96.9. The lowest BCUT2D eigenvalue weighted by atomic mass is 9.88. The Labute approximate surface area is 856 Å². The molecule has 6 heterocycles. The van der Waals surface area contributed by atoms with E-state index in [0.717, 1.165) is 88.5 Å². The summed E-state index contributed by atoms with van der Waals surface area (Å²) >= 11 is 5.53. The van der Waals surface area contributed by atoms with E-state index < -0.39 is 0 Å². The van der Waals surface area contributed by atoms with Gasteiger partial charge in [0.2, 0.25) is 0 Å². The second-order valence-corrected chi connectivity index (χ2v) is 40.4. The Kier molecular flexibility index (Phi) is 21.3. The highest BCUT2D eigenvalue weighted by atomic mass is 32.1. The molecule has 30 rings (SSSR count). The maximum absolute atomic E-state index is 5.25. The summed E-state index contributed by atoms with van der Waals surface area (Å²) in [5, 5.41) is 29.2. The number of nitrogens with zero attached hydrogens (tertiary/aromatic N) is 9. The van der Waals surface area contributed by atoms with Crippen LogP contribution in [0.4, 0.5) is 0 Å². The standard InChI is InChI=1S/3C45H27N3S/c1-3-14-28(15-4-1)43-46-44(29-16-5-2-6-17-29)48-45(47-43)38-27-30(31-23-13-25-40-42(31)36-22-11-12-24-39(36)49-40)26-37-34-20-8-7-18-32(34)33-19-9-10-21-35(33)41(37)38;1-3-13-28(14-4-1)43-46-44(29-15-5-2-6-16-29)48-45(47-43)39-26-31(30-23-24-36-35-20-11-12-22-40(35)49-41(36)27-30)25-38-34-19-8-7-17-32(34)33-18-9-10-21-37(33)42(38)39;1-3-13-28(14-4-1)43-46-44(29-15-5-2-6-16-29)48-45(47-43)39-27-31(30-23-24-41-37(25-30)35-20-11-12-22-40(35)49-41)26-38-34-19-8-7-17-32(34)33-18-9-10-21-36(33)42(38)39/h3*1-27H. The van der Waals surface area contributed by atoms with Crippen LogP contribution in [0.25, 0.3) is 293 Å². The number of benzene rings is 24. The highest BCUT2D eigenvalue weighted by molar-refractivity contribution is 7.26. The first-order valence-electron chi connectivity index (χ1n) is 49.3. The molecule has 0 radical (unpaired) electrons. The van der Waals surface area contributed by atoms with Gasteiger partial charge in [-0.25, -0.2) is 44.9 Å². The van der Waals surface area contributed by atoms with Crippen molar-refractivity contribution in [3.63, 3.8) is 0 Å². The maximum atomic E-state index is 5.25. The van der Waals surface area contributed by atoms with E-state index in [1.54, 1.807) is 0 Å². The fourth-order valence-electron chi connectivity index (χ4n) is 21.7. The second-order valence-electron chi connectivity index (χ2n) is 37.1. The third kappa shape index (κ3) is 15.4. The molecule has 0 N–H and O–H groups in total. The summed E-state index contributed by atoms with van der Waals surface area (Å²) in [6, 6.07) is 174. The molecule has 30 aromatic rings. The van der Waals surface area contributed by atoms with E-state index in [2.05, 4.69) is 382 Å². The quantitative estimate of drug-likeness (QED) is 0.110. The van der Waals surface area contributed by atoms with Gasteiger partial charge in [0.25, 0.3) is 0 Å². The molecule has 0 aliphatic heterocycles. The Morgan fingerprint density at radius 1 is 0.102 bits per heavy atom. The molecule has 0 amide bonds. The fraction of sp³-hybridized carbons (Fsp3) is 0.